The molecule has 0 radical (unpaired) electrons. The number of benzene rings is 1. The van der Waals surface area contributed by atoms with E-state index in [0.717, 1.165) is 17.6 Å². The van der Waals surface area contributed by atoms with Gasteiger partial charge in [0, 0.05) is 29.8 Å². The fourth-order valence-electron chi connectivity index (χ4n) is 2.54. The van der Waals surface area contributed by atoms with Crippen LogP contribution in [0.4, 0.5) is 5.69 Å². The van der Waals surface area contributed by atoms with Gasteiger partial charge in [0.25, 0.3) is 0 Å². The molecular weight excluding hydrogens is 312 g/mol. The van der Waals surface area contributed by atoms with Crippen LogP contribution in [0.15, 0.2) is 22.7 Å². The van der Waals surface area contributed by atoms with E-state index in [-0.39, 0.29) is 0 Å². The number of nitrogens with one attached hydrogen (secondary N) is 1. The summed E-state index contributed by atoms with van der Waals surface area (Å²) in [5.74, 6) is 0.686. The third kappa shape index (κ3) is 5.10. The zero-order chi connectivity index (χ0) is 15.1. The van der Waals surface area contributed by atoms with Gasteiger partial charge in [-0.1, -0.05) is 49.7 Å². The SMILES string of the molecule is CCC(CC)N(C)c1cc(Br)ccc1CNCC(C)C. The number of rotatable bonds is 8. The molecule has 0 amide bonds. The van der Waals surface area contributed by atoms with E-state index in [4.69, 9.17) is 0 Å². The summed E-state index contributed by atoms with van der Waals surface area (Å²) in [4.78, 5) is 2.43. The lowest BCUT2D eigenvalue weighted by molar-refractivity contribution is 0.549. The van der Waals surface area contributed by atoms with E-state index >= 15 is 0 Å². The molecule has 1 rings (SSSR count). The van der Waals surface area contributed by atoms with Crippen molar-refractivity contribution in [3.8, 4) is 0 Å². The first-order chi connectivity index (χ1) is 9.49. The van der Waals surface area contributed by atoms with E-state index in [1.165, 1.54) is 24.1 Å². The largest absolute Gasteiger partial charge is 0.371 e. The maximum absolute atomic E-state index is 3.60. The lowest BCUT2D eigenvalue weighted by atomic mass is 10.1. The molecule has 0 aliphatic rings. The van der Waals surface area contributed by atoms with Gasteiger partial charge in [0.2, 0.25) is 0 Å². The highest BCUT2D eigenvalue weighted by Gasteiger charge is 2.15. The van der Waals surface area contributed by atoms with Crippen LogP contribution in [0.2, 0.25) is 0 Å². The van der Waals surface area contributed by atoms with Gasteiger partial charge in [0.15, 0.2) is 0 Å². The Balaban J connectivity index is 2.89. The molecule has 3 heteroatoms. The van der Waals surface area contributed by atoms with E-state index in [1.807, 2.05) is 0 Å². The summed E-state index contributed by atoms with van der Waals surface area (Å²) < 4.78 is 1.15. The van der Waals surface area contributed by atoms with Crippen molar-refractivity contribution in [1.82, 2.24) is 5.32 Å². The van der Waals surface area contributed by atoms with Gasteiger partial charge in [0.1, 0.15) is 0 Å². The Hall–Kier alpha value is -0.540. The molecule has 0 saturated heterocycles. The van der Waals surface area contributed by atoms with Crippen molar-refractivity contribution < 1.29 is 0 Å². The summed E-state index contributed by atoms with van der Waals surface area (Å²) in [5, 5.41) is 3.55. The minimum Gasteiger partial charge on any atom is -0.371 e. The molecule has 20 heavy (non-hydrogen) atoms. The summed E-state index contributed by atoms with van der Waals surface area (Å²) >= 11 is 3.60. The van der Waals surface area contributed by atoms with Gasteiger partial charge in [-0.3, -0.25) is 0 Å². The molecule has 1 aromatic carbocycles. The van der Waals surface area contributed by atoms with Crippen molar-refractivity contribution in [2.45, 2.75) is 53.1 Å². The van der Waals surface area contributed by atoms with Gasteiger partial charge in [-0.05, 0) is 43.0 Å². The third-order valence-electron chi connectivity index (χ3n) is 3.79. The number of anilines is 1. The molecule has 0 heterocycles. The van der Waals surface area contributed by atoms with Crippen LogP contribution in [0.3, 0.4) is 0 Å². The minimum atomic E-state index is 0.605. The van der Waals surface area contributed by atoms with Crippen LogP contribution in [-0.2, 0) is 6.54 Å². The number of hydrogen-bond donors (Lipinski definition) is 1. The number of hydrogen-bond acceptors (Lipinski definition) is 2. The summed E-state index contributed by atoms with van der Waals surface area (Å²) in [7, 11) is 2.21. The maximum Gasteiger partial charge on any atom is 0.0423 e. The van der Waals surface area contributed by atoms with Crippen LogP contribution in [-0.4, -0.2) is 19.6 Å². The van der Waals surface area contributed by atoms with Crippen LogP contribution in [0.1, 0.15) is 46.1 Å². The molecule has 2 nitrogen and oxygen atoms in total. The molecule has 0 aromatic heterocycles. The van der Waals surface area contributed by atoms with Crippen LogP contribution in [0, 0.1) is 5.92 Å². The second kappa shape index (κ2) is 8.68. The Morgan fingerprint density at radius 1 is 1.20 bits per heavy atom. The highest BCUT2D eigenvalue weighted by molar-refractivity contribution is 9.10. The zero-order valence-electron chi connectivity index (χ0n) is 13.5. The Bertz CT molecular complexity index is 400. The Morgan fingerprint density at radius 2 is 1.85 bits per heavy atom. The molecule has 0 atom stereocenters. The normalized spacial score (nSPS) is 11.4. The molecule has 0 saturated carbocycles. The van der Waals surface area contributed by atoms with Gasteiger partial charge in [0.05, 0.1) is 0 Å². The van der Waals surface area contributed by atoms with Crippen molar-refractivity contribution in [3.63, 3.8) is 0 Å². The first kappa shape index (κ1) is 17.5. The summed E-state index contributed by atoms with van der Waals surface area (Å²) in [5.41, 5.74) is 2.72. The quantitative estimate of drug-likeness (QED) is 0.729. The standard InChI is InChI=1S/C17H29BrN2/c1-6-16(7-2)20(5)17-10-15(18)9-8-14(17)12-19-11-13(3)4/h8-10,13,16,19H,6-7,11-12H2,1-5H3. The van der Waals surface area contributed by atoms with Crippen LogP contribution in [0.5, 0.6) is 0 Å². The highest BCUT2D eigenvalue weighted by Crippen LogP contribution is 2.27. The zero-order valence-corrected chi connectivity index (χ0v) is 15.1. The smallest absolute Gasteiger partial charge is 0.0423 e. The van der Waals surface area contributed by atoms with Crippen molar-refractivity contribution in [2.24, 2.45) is 5.92 Å². The van der Waals surface area contributed by atoms with Crippen LogP contribution in [0.25, 0.3) is 0 Å². The molecule has 0 unspecified atom stereocenters. The van der Waals surface area contributed by atoms with Crippen LogP contribution >= 0.6 is 15.9 Å². The van der Waals surface area contributed by atoms with Crippen molar-refractivity contribution in [1.29, 1.82) is 0 Å². The first-order valence-corrected chi connectivity index (χ1v) is 8.50. The van der Waals surface area contributed by atoms with Gasteiger partial charge in [-0.15, -0.1) is 0 Å². The second-order valence-electron chi connectivity index (χ2n) is 5.88. The predicted molar refractivity (Wildman–Crippen MR) is 93.5 cm³/mol. The summed E-state index contributed by atoms with van der Waals surface area (Å²) in [6.45, 7) is 11.0. The molecule has 0 fully saturated rings. The van der Waals surface area contributed by atoms with E-state index in [1.54, 1.807) is 0 Å². The average Bonchev–Trinajstić information content (AvgIpc) is 2.41. The maximum atomic E-state index is 3.60. The molecule has 0 aliphatic carbocycles. The molecule has 0 bridgehead atoms. The molecule has 1 aromatic rings. The van der Waals surface area contributed by atoms with Gasteiger partial charge in [-0.25, -0.2) is 0 Å². The van der Waals surface area contributed by atoms with E-state index in [2.05, 4.69) is 79.1 Å². The van der Waals surface area contributed by atoms with Crippen LogP contribution < -0.4 is 10.2 Å². The lowest BCUT2D eigenvalue weighted by Gasteiger charge is -2.30. The second-order valence-corrected chi connectivity index (χ2v) is 6.79. The Morgan fingerprint density at radius 3 is 2.40 bits per heavy atom. The minimum absolute atomic E-state index is 0.605. The molecule has 1 N–H and O–H groups in total. The average molecular weight is 341 g/mol. The first-order valence-electron chi connectivity index (χ1n) is 7.71. The third-order valence-corrected chi connectivity index (χ3v) is 4.28. The Labute approximate surface area is 133 Å². The fourth-order valence-corrected chi connectivity index (χ4v) is 2.89. The van der Waals surface area contributed by atoms with Crippen molar-refractivity contribution in [3.05, 3.63) is 28.2 Å². The summed E-state index contributed by atoms with van der Waals surface area (Å²) in [6.07, 6.45) is 2.36. The van der Waals surface area contributed by atoms with E-state index in [0.29, 0.717) is 12.0 Å². The van der Waals surface area contributed by atoms with E-state index in [9.17, 15) is 0 Å². The van der Waals surface area contributed by atoms with Gasteiger partial charge in [-0.2, -0.15) is 0 Å². The number of halogens is 1. The lowest BCUT2D eigenvalue weighted by Crippen LogP contribution is -2.32. The molecule has 114 valence electrons. The van der Waals surface area contributed by atoms with E-state index < -0.39 is 0 Å². The van der Waals surface area contributed by atoms with Gasteiger partial charge < -0.3 is 10.2 Å². The molecular formula is C17H29BrN2. The molecule has 0 spiro atoms. The van der Waals surface area contributed by atoms with Crippen molar-refractivity contribution in [2.75, 3.05) is 18.5 Å². The predicted octanol–water partition coefficient (Wildman–Crippen LogP) is 4.82. The molecule has 0 aliphatic heterocycles. The topological polar surface area (TPSA) is 15.3 Å². The van der Waals surface area contributed by atoms with Crippen molar-refractivity contribution >= 4 is 21.6 Å². The fraction of sp³-hybridized carbons (Fsp3) is 0.647. The highest BCUT2D eigenvalue weighted by atomic mass is 79.9. The van der Waals surface area contributed by atoms with Gasteiger partial charge >= 0.3 is 0 Å². The monoisotopic (exact) mass is 340 g/mol. The summed E-state index contributed by atoms with van der Waals surface area (Å²) in [6, 6.07) is 7.21. The Kier molecular flexibility index (Phi) is 7.60. The number of nitrogens with zero attached hydrogens (tertiary/aromatic N) is 1.